The summed E-state index contributed by atoms with van der Waals surface area (Å²) in [5.74, 6) is 0.543. The van der Waals surface area contributed by atoms with Crippen molar-refractivity contribution in [3.63, 3.8) is 0 Å². The Morgan fingerprint density at radius 3 is 1.96 bits per heavy atom. The fourth-order valence-corrected chi connectivity index (χ4v) is 3.82. The number of fused-ring (bicyclic) bond motifs is 2. The van der Waals surface area contributed by atoms with Crippen molar-refractivity contribution in [2.24, 2.45) is 0 Å². The van der Waals surface area contributed by atoms with Gasteiger partial charge in [-0.25, -0.2) is 0 Å². The Labute approximate surface area is 143 Å². The molecule has 0 amide bonds. The van der Waals surface area contributed by atoms with E-state index in [0.717, 1.165) is 12.8 Å². The van der Waals surface area contributed by atoms with Crippen molar-refractivity contribution in [2.45, 2.75) is 25.7 Å². The highest BCUT2D eigenvalue weighted by molar-refractivity contribution is 5.87. The van der Waals surface area contributed by atoms with Crippen molar-refractivity contribution in [1.29, 1.82) is 0 Å². The van der Waals surface area contributed by atoms with Gasteiger partial charge in [0.15, 0.2) is 0 Å². The van der Waals surface area contributed by atoms with Crippen LogP contribution in [-0.4, -0.2) is 0 Å². The van der Waals surface area contributed by atoms with Crippen molar-refractivity contribution in [3.05, 3.63) is 96.1 Å². The van der Waals surface area contributed by atoms with Crippen LogP contribution in [0.5, 0.6) is 0 Å². The van der Waals surface area contributed by atoms with Gasteiger partial charge in [0.2, 0.25) is 0 Å². The second-order valence-electron chi connectivity index (χ2n) is 6.52. The topological polar surface area (TPSA) is 0 Å². The molecule has 4 aromatic carbocycles. The molecule has 0 aliphatic heterocycles. The summed E-state index contributed by atoms with van der Waals surface area (Å²) >= 11 is 0. The molecule has 118 valence electrons. The molecule has 0 radical (unpaired) electrons. The van der Waals surface area contributed by atoms with Crippen molar-refractivity contribution in [3.8, 4) is 0 Å². The van der Waals surface area contributed by atoms with Crippen LogP contribution in [-0.2, 0) is 6.42 Å². The second-order valence-corrected chi connectivity index (χ2v) is 6.52. The van der Waals surface area contributed by atoms with Crippen LogP contribution in [0, 0.1) is 0 Å². The van der Waals surface area contributed by atoms with E-state index in [1.54, 1.807) is 0 Å². The van der Waals surface area contributed by atoms with Crippen molar-refractivity contribution in [1.82, 2.24) is 0 Å². The van der Waals surface area contributed by atoms with E-state index in [1.165, 1.54) is 32.7 Å². The highest BCUT2D eigenvalue weighted by atomic mass is 14.2. The summed E-state index contributed by atoms with van der Waals surface area (Å²) in [5, 5.41) is 5.46. The predicted octanol–water partition coefficient (Wildman–Crippen LogP) is 6.73. The lowest BCUT2D eigenvalue weighted by atomic mass is 9.85. The van der Waals surface area contributed by atoms with Crippen LogP contribution in [0.1, 0.15) is 30.4 Å². The summed E-state index contributed by atoms with van der Waals surface area (Å²) < 4.78 is 0. The van der Waals surface area contributed by atoms with Crippen LogP contribution in [0.2, 0.25) is 0 Å². The van der Waals surface area contributed by atoms with Gasteiger partial charge in [0, 0.05) is 0 Å². The Balaban J connectivity index is 1.78. The molecule has 24 heavy (non-hydrogen) atoms. The molecule has 0 N–H and O–H groups in total. The first-order valence-electron chi connectivity index (χ1n) is 8.81. The molecule has 0 saturated carbocycles. The molecule has 0 heteroatoms. The average molecular weight is 310 g/mol. The van der Waals surface area contributed by atoms with E-state index in [9.17, 15) is 0 Å². The third-order valence-electron chi connectivity index (χ3n) is 5.10. The van der Waals surface area contributed by atoms with Crippen LogP contribution in [0.15, 0.2) is 84.9 Å². The largest absolute Gasteiger partial charge is 0.0648 e. The molecule has 1 atom stereocenters. The van der Waals surface area contributed by atoms with Crippen molar-refractivity contribution >= 4 is 21.5 Å². The lowest BCUT2D eigenvalue weighted by Gasteiger charge is -2.19. The van der Waals surface area contributed by atoms with E-state index < -0.39 is 0 Å². The van der Waals surface area contributed by atoms with Crippen LogP contribution < -0.4 is 0 Å². The van der Waals surface area contributed by atoms with Gasteiger partial charge in [-0.15, -0.1) is 0 Å². The van der Waals surface area contributed by atoms with Gasteiger partial charge < -0.3 is 0 Å². The van der Waals surface area contributed by atoms with E-state index in [0.29, 0.717) is 5.92 Å². The minimum Gasteiger partial charge on any atom is -0.0648 e. The van der Waals surface area contributed by atoms with Gasteiger partial charge in [-0.2, -0.15) is 0 Å². The van der Waals surface area contributed by atoms with Crippen LogP contribution in [0.25, 0.3) is 21.5 Å². The Hall–Kier alpha value is -2.60. The van der Waals surface area contributed by atoms with Gasteiger partial charge in [0.25, 0.3) is 0 Å². The summed E-state index contributed by atoms with van der Waals surface area (Å²) in [5.41, 5.74) is 2.93. The van der Waals surface area contributed by atoms with E-state index >= 15 is 0 Å². The minimum absolute atomic E-state index is 0.543. The molecule has 0 nitrogen and oxygen atoms in total. The molecule has 0 aliphatic carbocycles. The standard InChI is InChI=1S/C24H22/c1-2-18(23-16-8-12-20-10-4-6-15-24(20)23)17-21-13-7-11-19-9-3-5-14-22(19)21/h3-16,18H,2,17H2,1H3. The van der Waals surface area contributed by atoms with Gasteiger partial charge in [0.1, 0.15) is 0 Å². The zero-order chi connectivity index (χ0) is 16.4. The first-order valence-corrected chi connectivity index (χ1v) is 8.81. The Morgan fingerprint density at radius 2 is 1.21 bits per heavy atom. The molecule has 0 saturated heterocycles. The lowest BCUT2D eigenvalue weighted by Crippen LogP contribution is -2.03. The van der Waals surface area contributed by atoms with Gasteiger partial charge >= 0.3 is 0 Å². The Morgan fingerprint density at radius 1 is 0.625 bits per heavy atom. The molecule has 0 spiro atoms. The summed E-state index contributed by atoms with van der Waals surface area (Å²) in [6.45, 7) is 2.30. The molecule has 1 unspecified atom stereocenters. The van der Waals surface area contributed by atoms with Gasteiger partial charge in [-0.05, 0) is 51.4 Å². The number of benzene rings is 4. The maximum atomic E-state index is 2.31. The monoisotopic (exact) mass is 310 g/mol. The normalized spacial score (nSPS) is 12.5. The lowest BCUT2D eigenvalue weighted by molar-refractivity contribution is 0.668. The van der Waals surface area contributed by atoms with E-state index in [1.807, 2.05) is 0 Å². The molecular weight excluding hydrogens is 288 g/mol. The average Bonchev–Trinajstić information content (AvgIpc) is 2.66. The third kappa shape index (κ3) is 2.69. The summed E-state index contributed by atoms with van der Waals surface area (Å²) in [6, 6.07) is 30.9. The molecule has 4 rings (SSSR count). The highest BCUT2D eigenvalue weighted by Crippen LogP contribution is 2.32. The fourth-order valence-electron chi connectivity index (χ4n) is 3.82. The molecule has 4 aromatic rings. The number of rotatable bonds is 4. The Bertz CT molecular complexity index is 970. The van der Waals surface area contributed by atoms with Gasteiger partial charge in [-0.1, -0.05) is 91.9 Å². The van der Waals surface area contributed by atoms with Gasteiger partial charge in [0.05, 0.1) is 0 Å². The van der Waals surface area contributed by atoms with Crippen molar-refractivity contribution < 1.29 is 0 Å². The zero-order valence-corrected chi connectivity index (χ0v) is 14.1. The number of hydrogen-bond donors (Lipinski definition) is 0. The maximum Gasteiger partial charge on any atom is -0.0118 e. The summed E-state index contributed by atoms with van der Waals surface area (Å²) in [6.07, 6.45) is 2.24. The molecule has 0 fully saturated rings. The van der Waals surface area contributed by atoms with Crippen molar-refractivity contribution in [2.75, 3.05) is 0 Å². The first-order chi connectivity index (χ1) is 11.9. The van der Waals surface area contributed by atoms with Crippen LogP contribution in [0.4, 0.5) is 0 Å². The quantitative estimate of drug-likeness (QED) is 0.392. The number of hydrogen-bond acceptors (Lipinski definition) is 0. The maximum absolute atomic E-state index is 2.31. The molecule has 0 heterocycles. The molecular formula is C24H22. The fraction of sp³-hybridized carbons (Fsp3) is 0.167. The van der Waals surface area contributed by atoms with E-state index in [4.69, 9.17) is 0 Å². The third-order valence-corrected chi connectivity index (χ3v) is 5.10. The Kier molecular flexibility index (Phi) is 4.04. The summed E-state index contributed by atoms with van der Waals surface area (Å²) in [7, 11) is 0. The zero-order valence-electron chi connectivity index (χ0n) is 14.1. The SMILES string of the molecule is CCC(Cc1cccc2ccccc12)c1cccc2ccccc12. The van der Waals surface area contributed by atoms with Gasteiger partial charge in [-0.3, -0.25) is 0 Å². The molecule has 0 aromatic heterocycles. The van der Waals surface area contributed by atoms with E-state index in [2.05, 4.69) is 91.9 Å². The molecule has 0 bridgehead atoms. The van der Waals surface area contributed by atoms with Crippen LogP contribution >= 0.6 is 0 Å². The first kappa shape index (κ1) is 15.0. The second kappa shape index (κ2) is 6.49. The minimum atomic E-state index is 0.543. The smallest absolute Gasteiger partial charge is 0.0118 e. The van der Waals surface area contributed by atoms with Crippen LogP contribution in [0.3, 0.4) is 0 Å². The predicted molar refractivity (Wildman–Crippen MR) is 105 cm³/mol. The highest BCUT2D eigenvalue weighted by Gasteiger charge is 2.14. The summed E-state index contributed by atoms with van der Waals surface area (Å²) in [4.78, 5) is 0. The van der Waals surface area contributed by atoms with E-state index in [-0.39, 0.29) is 0 Å². The molecule has 0 aliphatic rings.